The number of benzene rings is 1. The van der Waals surface area contributed by atoms with Gasteiger partial charge in [-0.1, -0.05) is 0 Å². The highest BCUT2D eigenvalue weighted by molar-refractivity contribution is 8.13. The van der Waals surface area contributed by atoms with Gasteiger partial charge in [-0.05, 0) is 17.7 Å². The molecule has 0 amide bonds. The number of phenols is 1. The lowest BCUT2D eigenvalue weighted by Crippen LogP contribution is -2.02. The summed E-state index contributed by atoms with van der Waals surface area (Å²) in [4.78, 5) is 10.8. The van der Waals surface area contributed by atoms with E-state index < -0.39 is 32.1 Å². The Kier molecular flexibility index (Phi) is 3.84. The van der Waals surface area contributed by atoms with Crippen LogP contribution in [0.2, 0.25) is 0 Å². The molecule has 6 nitrogen and oxygen atoms in total. The summed E-state index contributed by atoms with van der Waals surface area (Å²) in [7, 11) is 2.46. The fraction of sp³-hybridized carbons (Fsp3) is 0.222. The zero-order valence-corrected chi connectivity index (χ0v) is 10.2. The Labute approximate surface area is 102 Å². The van der Waals surface area contributed by atoms with Crippen LogP contribution < -0.4 is 4.74 Å². The lowest BCUT2D eigenvalue weighted by atomic mass is 10.1. The predicted molar refractivity (Wildman–Crippen MR) is 60.1 cm³/mol. The van der Waals surface area contributed by atoms with E-state index in [0.29, 0.717) is 0 Å². The van der Waals surface area contributed by atoms with Gasteiger partial charge in [-0.15, -0.1) is 0 Å². The number of aromatic hydroxyl groups is 1. The molecule has 0 aromatic heterocycles. The Morgan fingerprint density at radius 2 is 2.06 bits per heavy atom. The van der Waals surface area contributed by atoms with E-state index >= 15 is 0 Å². The van der Waals surface area contributed by atoms with Crippen LogP contribution in [-0.4, -0.2) is 31.7 Å². The summed E-state index contributed by atoms with van der Waals surface area (Å²) >= 11 is 0. The third kappa shape index (κ3) is 3.50. The van der Waals surface area contributed by atoms with E-state index in [2.05, 4.69) is 0 Å². The van der Waals surface area contributed by atoms with Gasteiger partial charge in [0.2, 0.25) is 9.05 Å². The van der Waals surface area contributed by atoms with Crippen molar-refractivity contribution in [3.05, 3.63) is 23.3 Å². The van der Waals surface area contributed by atoms with Gasteiger partial charge in [0.1, 0.15) is 5.56 Å². The van der Waals surface area contributed by atoms with Crippen LogP contribution in [0.25, 0.3) is 0 Å². The number of halogens is 1. The van der Waals surface area contributed by atoms with Gasteiger partial charge in [0.15, 0.2) is 11.5 Å². The van der Waals surface area contributed by atoms with Crippen molar-refractivity contribution >= 4 is 25.7 Å². The van der Waals surface area contributed by atoms with Crippen molar-refractivity contribution in [2.75, 3.05) is 7.11 Å². The Hall–Kier alpha value is -1.47. The second-order valence-electron chi connectivity index (χ2n) is 3.18. The van der Waals surface area contributed by atoms with Crippen molar-refractivity contribution in [3.8, 4) is 11.5 Å². The molecule has 0 heterocycles. The topological polar surface area (TPSA) is 101 Å². The van der Waals surface area contributed by atoms with Crippen molar-refractivity contribution in [1.82, 2.24) is 0 Å². The van der Waals surface area contributed by atoms with Gasteiger partial charge in [0.25, 0.3) is 0 Å². The highest BCUT2D eigenvalue weighted by Gasteiger charge is 2.18. The van der Waals surface area contributed by atoms with Crippen LogP contribution in [0.1, 0.15) is 15.9 Å². The lowest BCUT2D eigenvalue weighted by molar-refractivity contribution is 0.0693. The smallest absolute Gasteiger partial charge is 0.339 e. The molecule has 8 heteroatoms. The fourth-order valence-electron chi connectivity index (χ4n) is 1.27. The Balaban J connectivity index is 3.35. The summed E-state index contributed by atoms with van der Waals surface area (Å²) in [5.74, 6) is -2.63. The standard InChI is InChI=1S/C9H9ClO6S/c1-16-7-3-5(4-17(10,14)15)2-6(8(7)11)9(12)13/h2-3,11H,4H2,1H3,(H,12,13). The minimum atomic E-state index is -3.82. The first kappa shape index (κ1) is 13.6. The molecule has 1 rings (SSSR count). The van der Waals surface area contributed by atoms with Crippen molar-refractivity contribution in [1.29, 1.82) is 0 Å². The lowest BCUT2D eigenvalue weighted by Gasteiger charge is -2.08. The monoisotopic (exact) mass is 280 g/mol. The Morgan fingerprint density at radius 3 is 2.47 bits per heavy atom. The fourth-order valence-corrected chi connectivity index (χ4v) is 2.21. The third-order valence-electron chi connectivity index (χ3n) is 1.92. The van der Waals surface area contributed by atoms with Crippen LogP contribution in [0.15, 0.2) is 12.1 Å². The number of carbonyl (C=O) groups is 1. The summed E-state index contributed by atoms with van der Waals surface area (Å²) in [6.07, 6.45) is 0. The van der Waals surface area contributed by atoms with Crippen molar-refractivity contribution < 1.29 is 28.2 Å². The van der Waals surface area contributed by atoms with E-state index in [1.54, 1.807) is 0 Å². The van der Waals surface area contributed by atoms with Crippen molar-refractivity contribution in [3.63, 3.8) is 0 Å². The highest BCUT2D eigenvalue weighted by Crippen LogP contribution is 2.32. The highest BCUT2D eigenvalue weighted by atomic mass is 35.7. The molecule has 0 radical (unpaired) electrons. The maximum Gasteiger partial charge on any atom is 0.339 e. The largest absolute Gasteiger partial charge is 0.504 e. The second kappa shape index (κ2) is 4.80. The summed E-state index contributed by atoms with van der Waals surface area (Å²) in [5.41, 5.74) is -0.327. The molecule has 1 aromatic carbocycles. The maximum atomic E-state index is 10.9. The minimum Gasteiger partial charge on any atom is -0.504 e. The van der Waals surface area contributed by atoms with Gasteiger partial charge >= 0.3 is 5.97 Å². The second-order valence-corrected chi connectivity index (χ2v) is 5.96. The molecule has 0 aliphatic heterocycles. The van der Waals surface area contributed by atoms with Crippen molar-refractivity contribution in [2.24, 2.45) is 0 Å². The van der Waals surface area contributed by atoms with E-state index in [1.165, 1.54) is 13.2 Å². The molecule has 0 bridgehead atoms. The molecule has 0 saturated heterocycles. The van der Waals surface area contributed by atoms with Crippen LogP contribution in [0, 0.1) is 0 Å². The maximum absolute atomic E-state index is 10.9. The Bertz CT molecular complexity index is 551. The molecule has 0 atom stereocenters. The van der Waals surface area contributed by atoms with Crippen LogP contribution >= 0.6 is 10.7 Å². The minimum absolute atomic E-state index is 0.118. The first-order chi connectivity index (χ1) is 7.74. The average molecular weight is 281 g/mol. The first-order valence-corrected chi connectivity index (χ1v) is 6.78. The molecule has 0 aliphatic carbocycles. The molecule has 0 saturated carbocycles. The van der Waals surface area contributed by atoms with E-state index in [-0.39, 0.29) is 11.3 Å². The Morgan fingerprint density at radius 1 is 1.47 bits per heavy atom. The predicted octanol–water partition coefficient (Wildman–Crippen LogP) is 1.17. The van der Waals surface area contributed by atoms with Gasteiger partial charge in [0, 0.05) is 10.7 Å². The van der Waals surface area contributed by atoms with E-state index in [9.17, 15) is 18.3 Å². The van der Waals surface area contributed by atoms with Crippen LogP contribution in [0.3, 0.4) is 0 Å². The number of ether oxygens (including phenoxy) is 1. The van der Waals surface area contributed by atoms with Crippen molar-refractivity contribution in [2.45, 2.75) is 5.75 Å². The number of hydrogen-bond donors (Lipinski definition) is 2. The van der Waals surface area contributed by atoms with Gasteiger partial charge in [0.05, 0.1) is 12.9 Å². The summed E-state index contributed by atoms with van der Waals surface area (Å²) < 4.78 is 26.5. The van der Waals surface area contributed by atoms with Crippen LogP contribution in [0.4, 0.5) is 0 Å². The number of methoxy groups -OCH3 is 1. The third-order valence-corrected chi connectivity index (χ3v) is 2.93. The molecule has 0 unspecified atom stereocenters. The summed E-state index contributed by atoms with van der Waals surface area (Å²) in [6.45, 7) is 0. The zero-order chi connectivity index (χ0) is 13.2. The van der Waals surface area contributed by atoms with Gasteiger partial charge in [-0.25, -0.2) is 13.2 Å². The van der Waals surface area contributed by atoms with Crippen LogP contribution in [-0.2, 0) is 14.8 Å². The SMILES string of the molecule is COc1cc(CS(=O)(=O)Cl)cc(C(=O)O)c1O. The quantitative estimate of drug-likeness (QED) is 0.803. The number of aromatic carboxylic acids is 1. The molecule has 1 aromatic rings. The van der Waals surface area contributed by atoms with E-state index in [1.807, 2.05) is 0 Å². The normalized spacial score (nSPS) is 11.2. The molecule has 0 aliphatic rings. The number of hydrogen-bond acceptors (Lipinski definition) is 5. The van der Waals surface area contributed by atoms with E-state index in [0.717, 1.165) is 6.07 Å². The van der Waals surface area contributed by atoms with E-state index in [4.69, 9.17) is 20.5 Å². The summed E-state index contributed by atoms with van der Waals surface area (Å²) in [6, 6.07) is 2.24. The van der Waals surface area contributed by atoms with Gasteiger partial charge < -0.3 is 14.9 Å². The number of carboxylic acid groups (broad SMARTS) is 1. The zero-order valence-electron chi connectivity index (χ0n) is 8.68. The molecular formula is C9H9ClO6S. The average Bonchev–Trinajstić information content (AvgIpc) is 2.17. The van der Waals surface area contributed by atoms with Crippen LogP contribution in [0.5, 0.6) is 11.5 Å². The molecular weight excluding hydrogens is 272 g/mol. The van der Waals surface area contributed by atoms with Gasteiger partial charge in [-0.2, -0.15) is 0 Å². The number of carboxylic acids is 1. The molecule has 17 heavy (non-hydrogen) atoms. The number of rotatable bonds is 4. The molecule has 2 N–H and O–H groups in total. The van der Waals surface area contributed by atoms with Gasteiger partial charge in [-0.3, -0.25) is 0 Å². The molecule has 0 fully saturated rings. The molecule has 0 spiro atoms. The summed E-state index contributed by atoms with van der Waals surface area (Å²) in [5, 5.41) is 18.3. The first-order valence-electron chi connectivity index (χ1n) is 4.30. The molecule has 94 valence electrons.